The lowest BCUT2D eigenvalue weighted by Gasteiger charge is -2.12. The van der Waals surface area contributed by atoms with E-state index in [0.29, 0.717) is 5.56 Å². The summed E-state index contributed by atoms with van der Waals surface area (Å²) in [4.78, 5) is 22.0. The Morgan fingerprint density at radius 1 is 1.35 bits per heavy atom. The molecule has 0 bridgehead atoms. The smallest absolute Gasteiger partial charge is 0.335 e. The summed E-state index contributed by atoms with van der Waals surface area (Å²) in [6.07, 6.45) is 0. The van der Waals surface area contributed by atoms with Crippen LogP contribution in [0.2, 0.25) is 0 Å². The minimum Gasteiger partial charge on any atom is -0.478 e. The largest absolute Gasteiger partial charge is 0.478 e. The van der Waals surface area contributed by atoms with Gasteiger partial charge in [-0.05, 0) is 17.7 Å². The summed E-state index contributed by atoms with van der Waals surface area (Å²) < 4.78 is 4.60. The Morgan fingerprint density at radius 3 is 2.24 bits per heavy atom. The molecule has 3 N–H and O–H groups in total. The lowest BCUT2D eigenvalue weighted by Crippen LogP contribution is -2.22. The molecule has 1 atom stereocenters. The average molecular weight is 260 g/mol. The second kappa shape index (κ2) is 6.88. The number of aromatic carboxylic acids is 1. The van der Waals surface area contributed by atoms with Crippen molar-refractivity contribution in [3.63, 3.8) is 0 Å². The predicted octanol–water partition coefficient (Wildman–Crippen LogP) is 1.02. The first-order chi connectivity index (χ1) is 7.60. The molecular formula is C11H14ClNO4. The number of hydrogen-bond acceptors (Lipinski definition) is 4. The number of methoxy groups -OCH3 is 1. The normalized spacial score (nSPS) is 11.2. The van der Waals surface area contributed by atoms with E-state index in [1.807, 2.05) is 0 Å². The number of carbonyl (C=O) groups excluding carboxylic acids is 1. The number of carbonyl (C=O) groups is 2. The Hall–Kier alpha value is -1.59. The fourth-order valence-corrected chi connectivity index (χ4v) is 1.37. The monoisotopic (exact) mass is 259 g/mol. The SMILES string of the molecule is COC(=O)C(CN)c1ccc(C(=O)O)cc1.Cl. The van der Waals surface area contributed by atoms with Crippen molar-refractivity contribution >= 4 is 24.3 Å². The standard InChI is InChI=1S/C11H13NO4.ClH/c1-16-11(15)9(6-12)7-2-4-8(5-3-7)10(13)14;/h2-5,9H,6,12H2,1H3,(H,13,14);1H. The molecule has 0 aliphatic heterocycles. The van der Waals surface area contributed by atoms with Crippen molar-refractivity contribution in [2.45, 2.75) is 5.92 Å². The average Bonchev–Trinajstić information content (AvgIpc) is 2.30. The molecule has 0 amide bonds. The molecule has 5 nitrogen and oxygen atoms in total. The van der Waals surface area contributed by atoms with Gasteiger partial charge in [-0.15, -0.1) is 12.4 Å². The first kappa shape index (κ1) is 15.4. The molecule has 0 aliphatic carbocycles. The Balaban J connectivity index is 0.00000256. The van der Waals surface area contributed by atoms with Crippen molar-refractivity contribution < 1.29 is 19.4 Å². The van der Waals surface area contributed by atoms with Crippen molar-refractivity contribution in [2.24, 2.45) is 5.73 Å². The summed E-state index contributed by atoms with van der Waals surface area (Å²) in [5.41, 5.74) is 6.28. The molecule has 17 heavy (non-hydrogen) atoms. The highest BCUT2D eigenvalue weighted by atomic mass is 35.5. The predicted molar refractivity (Wildman–Crippen MR) is 64.5 cm³/mol. The molecule has 1 aromatic carbocycles. The molecule has 0 spiro atoms. The number of hydrogen-bond donors (Lipinski definition) is 2. The van der Waals surface area contributed by atoms with Crippen LogP contribution in [0, 0.1) is 0 Å². The lowest BCUT2D eigenvalue weighted by atomic mass is 9.98. The summed E-state index contributed by atoms with van der Waals surface area (Å²) in [7, 11) is 1.29. The van der Waals surface area contributed by atoms with Crippen LogP contribution in [0.25, 0.3) is 0 Å². The van der Waals surface area contributed by atoms with Crippen molar-refractivity contribution in [3.05, 3.63) is 35.4 Å². The number of nitrogens with two attached hydrogens (primary N) is 1. The zero-order valence-electron chi connectivity index (χ0n) is 9.25. The van der Waals surface area contributed by atoms with Crippen LogP contribution >= 0.6 is 12.4 Å². The van der Waals surface area contributed by atoms with Crippen molar-refractivity contribution in [1.29, 1.82) is 0 Å². The number of ether oxygens (including phenoxy) is 1. The van der Waals surface area contributed by atoms with Gasteiger partial charge in [-0.3, -0.25) is 4.79 Å². The van der Waals surface area contributed by atoms with Crippen LogP contribution in [0.1, 0.15) is 21.8 Å². The molecule has 94 valence electrons. The van der Waals surface area contributed by atoms with E-state index >= 15 is 0 Å². The number of halogens is 1. The lowest BCUT2D eigenvalue weighted by molar-refractivity contribution is -0.142. The van der Waals surface area contributed by atoms with Gasteiger partial charge in [0.1, 0.15) is 0 Å². The molecule has 0 saturated carbocycles. The summed E-state index contributed by atoms with van der Waals surface area (Å²) in [5.74, 6) is -1.98. The summed E-state index contributed by atoms with van der Waals surface area (Å²) in [5, 5.41) is 8.71. The number of benzene rings is 1. The van der Waals surface area contributed by atoms with Gasteiger partial charge in [-0.1, -0.05) is 12.1 Å². The molecule has 1 rings (SSSR count). The minimum absolute atomic E-state index is 0. The van der Waals surface area contributed by atoms with Gasteiger partial charge in [0.2, 0.25) is 0 Å². The third-order valence-corrected chi connectivity index (χ3v) is 2.28. The van der Waals surface area contributed by atoms with Gasteiger partial charge < -0.3 is 15.6 Å². The third kappa shape index (κ3) is 3.72. The molecular weight excluding hydrogens is 246 g/mol. The van der Waals surface area contributed by atoms with E-state index in [4.69, 9.17) is 10.8 Å². The summed E-state index contributed by atoms with van der Waals surface area (Å²) in [6.45, 7) is 0.124. The van der Waals surface area contributed by atoms with E-state index in [-0.39, 0.29) is 24.5 Å². The molecule has 6 heteroatoms. The van der Waals surface area contributed by atoms with Crippen LogP contribution in [0.15, 0.2) is 24.3 Å². The van der Waals surface area contributed by atoms with Crippen LogP contribution in [-0.4, -0.2) is 30.7 Å². The Morgan fingerprint density at radius 2 is 1.88 bits per heavy atom. The Kier molecular flexibility index (Phi) is 6.23. The number of carboxylic acids is 1. The highest BCUT2D eigenvalue weighted by Crippen LogP contribution is 2.16. The molecule has 0 radical (unpaired) electrons. The van der Waals surface area contributed by atoms with Crippen LogP contribution in [-0.2, 0) is 9.53 Å². The maximum atomic E-state index is 11.3. The number of esters is 1. The highest BCUT2D eigenvalue weighted by molar-refractivity contribution is 5.88. The van der Waals surface area contributed by atoms with E-state index in [0.717, 1.165) is 0 Å². The molecule has 1 unspecified atom stereocenters. The molecule has 0 heterocycles. The van der Waals surface area contributed by atoms with Gasteiger partial charge in [-0.25, -0.2) is 4.79 Å². The molecule has 0 saturated heterocycles. The maximum absolute atomic E-state index is 11.3. The van der Waals surface area contributed by atoms with E-state index in [1.54, 1.807) is 12.1 Å². The Bertz CT molecular complexity index is 391. The van der Waals surface area contributed by atoms with Gasteiger partial charge in [0, 0.05) is 6.54 Å². The van der Waals surface area contributed by atoms with Gasteiger partial charge in [0.15, 0.2) is 0 Å². The minimum atomic E-state index is -1.01. The van der Waals surface area contributed by atoms with Crippen LogP contribution in [0.5, 0.6) is 0 Å². The number of rotatable bonds is 4. The number of carboxylic acid groups (broad SMARTS) is 1. The second-order valence-electron chi connectivity index (χ2n) is 3.24. The van der Waals surface area contributed by atoms with Crippen molar-refractivity contribution in [1.82, 2.24) is 0 Å². The van der Waals surface area contributed by atoms with Crippen LogP contribution in [0.4, 0.5) is 0 Å². The quantitative estimate of drug-likeness (QED) is 0.788. The first-order valence-electron chi connectivity index (χ1n) is 4.71. The first-order valence-corrected chi connectivity index (χ1v) is 4.71. The Labute approximate surface area is 105 Å². The van der Waals surface area contributed by atoms with Gasteiger partial charge in [-0.2, -0.15) is 0 Å². The van der Waals surface area contributed by atoms with Gasteiger partial charge in [0.25, 0.3) is 0 Å². The fourth-order valence-electron chi connectivity index (χ4n) is 1.37. The second-order valence-corrected chi connectivity index (χ2v) is 3.24. The third-order valence-electron chi connectivity index (χ3n) is 2.28. The fraction of sp³-hybridized carbons (Fsp3) is 0.273. The summed E-state index contributed by atoms with van der Waals surface area (Å²) in [6, 6.07) is 6.00. The topological polar surface area (TPSA) is 89.6 Å². The van der Waals surface area contributed by atoms with Crippen LogP contribution < -0.4 is 5.73 Å². The van der Waals surface area contributed by atoms with Crippen molar-refractivity contribution in [2.75, 3.05) is 13.7 Å². The highest BCUT2D eigenvalue weighted by Gasteiger charge is 2.19. The summed E-state index contributed by atoms with van der Waals surface area (Å²) >= 11 is 0. The van der Waals surface area contributed by atoms with E-state index in [9.17, 15) is 9.59 Å². The van der Waals surface area contributed by atoms with E-state index < -0.39 is 17.9 Å². The maximum Gasteiger partial charge on any atom is 0.335 e. The molecule has 0 fully saturated rings. The van der Waals surface area contributed by atoms with Crippen molar-refractivity contribution in [3.8, 4) is 0 Å². The molecule has 0 aliphatic rings. The zero-order chi connectivity index (χ0) is 12.1. The molecule has 0 aromatic heterocycles. The van der Waals surface area contributed by atoms with Gasteiger partial charge in [0.05, 0.1) is 18.6 Å². The van der Waals surface area contributed by atoms with Gasteiger partial charge >= 0.3 is 11.9 Å². The van der Waals surface area contributed by atoms with E-state index in [1.165, 1.54) is 19.2 Å². The zero-order valence-corrected chi connectivity index (χ0v) is 10.1. The van der Waals surface area contributed by atoms with Crippen LogP contribution in [0.3, 0.4) is 0 Å². The van der Waals surface area contributed by atoms with E-state index in [2.05, 4.69) is 4.74 Å². The molecule has 1 aromatic rings.